The zero-order chi connectivity index (χ0) is 21.3. The fraction of sp³-hybridized carbons (Fsp3) is 0.174. The summed E-state index contributed by atoms with van der Waals surface area (Å²) in [5.74, 6) is 1.44. The molecule has 0 saturated heterocycles. The van der Waals surface area contributed by atoms with E-state index in [4.69, 9.17) is 21.1 Å². The highest BCUT2D eigenvalue weighted by Crippen LogP contribution is 2.34. The number of hydrogen-bond donors (Lipinski definition) is 1. The van der Waals surface area contributed by atoms with E-state index in [9.17, 15) is 0 Å². The molecule has 0 atom stereocenters. The summed E-state index contributed by atoms with van der Waals surface area (Å²) < 4.78 is 13.9. The van der Waals surface area contributed by atoms with Gasteiger partial charge in [-0.15, -0.1) is 0 Å². The Bertz CT molecular complexity index is 1010. The van der Waals surface area contributed by atoms with Crippen molar-refractivity contribution in [3.63, 3.8) is 0 Å². The number of rotatable bonds is 9. The molecule has 0 saturated carbocycles. The van der Waals surface area contributed by atoms with Gasteiger partial charge in [0.15, 0.2) is 11.5 Å². The molecule has 0 aromatic heterocycles. The molecular weight excluding hydrogens is 579 g/mol. The van der Waals surface area contributed by atoms with Crippen LogP contribution in [-0.4, -0.2) is 12.8 Å². The number of nitrogens with one attached hydrogen (secondary N) is 1. The first-order chi connectivity index (χ1) is 14.6. The van der Waals surface area contributed by atoms with E-state index >= 15 is 0 Å². The van der Waals surface area contributed by atoms with Crippen LogP contribution in [0.1, 0.15) is 23.6 Å². The summed E-state index contributed by atoms with van der Waals surface area (Å²) in [6.45, 7) is 3.53. The van der Waals surface area contributed by atoms with Gasteiger partial charge in [-0.25, -0.2) is 0 Å². The van der Waals surface area contributed by atoms with Crippen molar-refractivity contribution in [1.29, 1.82) is 0 Å². The monoisotopic (exact) mass is 598 g/mol. The third-order valence-electron chi connectivity index (χ3n) is 4.16. The summed E-state index contributed by atoms with van der Waals surface area (Å²) in [6, 6.07) is 19.7. The summed E-state index contributed by atoms with van der Waals surface area (Å²) in [4.78, 5) is 0. The molecule has 0 spiro atoms. The minimum atomic E-state index is 0.468. The van der Waals surface area contributed by atoms with Crippen LogP contribution in [0.25, 0.3) is 0 Å². The van der Waals surface area contributed by atoms with Gasteiger partial charge in [0.1, 0.15) is 6.61 Å². The van der Waals surface area contributed by atoms with Crippen LogP contribution in [0, 0.1) is 3.57 Å². The predicted octanol–water partition coefficient (Wildman–Crippen LogP) is 6.81. The molecule has 0 fully saturated rings. The van der Waals surface area contributed by atoms with Crippen molar-refractivity contribution in [1.82, 2.24) is 5.43 Å². The van der Waals surface area contributed by atoms with E-state index in [1.807, 2.05) is 67.6 Å². The molecule has 4 nitrogen and oxygen atoms in total. The third-order valence-corrected chi connectivity index (χ3v) is 5.86. The normalized spacial score (nSPS) is 10.9. The van der Waals surface area contributed by atoms with Crippen LogP contribution in [0.3, 0.4) is 0 Å². The lowest BCUT2D eigenvalue weighted by Gasteiger charge is -2.15. The number of ether oxygens (including phenoxy) is 2. The van der Waals surface area contributed by atoms with Gasteiger partial charge in [-0.05, 0) is 76.5 Å². The summed E-state index contributed by atoms with van der Waals surface area (Å²) in [5, 5.41) is 5.04. The molecule has 7 heteroatoms. The molecule has 0 radical (unpaired) electrons. The van der Waals surface area contributed by atoms with Crippen LogP contribution < -0.4 is 14.9 Å². The quantitative estimate of drug-likeness (QED) is 0.167. The summed E-state index contributed by atoms with van der Waals surface area (Å²) in [5.41, 5.74) is 6.04. The fourth-order valence-electron chi connectivity index (χ4n) is 2.69. The SMILES string of the molecule is CCOc1cc(/C=N\NCc2ccccc2Cl)cc(I)c1OCc1ccc(Br)cc1. The maximum absolute atomic E-state index is 6.17. The maximum Gasteiger partial charge on any atom is 0.175 e. The molecule has 0 unspecified atom stereocenters. The first-order valence-electron chi connectivity index (χ1n) is 9.39. The van der Waals surface area contributed by atoms with Crippen molar-refractivity contribution in [2.24, 2.45) is 5.10 Å². The average Bonchev–Trinajstić information content (AvgIpc) is 2.73. The Labute approximate surface area is 203 Å². The zero-order valence-corrected chi connectivity index (χ0v) is 20.9. The summed E-state index contributed by atoms with van der Waals surface area (Å²) in [6.07, 6.45) is 1.76. The molecule has 1 N–H and O–H groups in total. The number of benzene rings is 3. The maximum atomic E-state index is 6.17. The Kier molecular flexibility index (Phi) is 8.84. The van der Waals surface area contributed by atoms with E-state index in [2.05, 4.69) is 49.0 Å². The van der Waals surface area contributed by atoms with Gasteiger partial charge in [0, 0.05) is 9.50 Å². The van der Waals surface area contributed by atoms with Crippen molar-refractivity contribution in [3.8, 4) is 11.5 Å². The second kappa shape index (κ2) is 11.6. The highest BCUT2D eigenvalue weighted by Gasteiger charge is 2.12. The highest BCUT2D eigenvalue weighted by atomic mass is 127. The minimum Gasteiger partial charge on any atom is -0.490 e. The smallest absolute Gasteiger partial charge is 0.175 e. The van der Waals surface area contributed by atoms with E-state index in [0.717, 1.165) is 35.5 Å². The summed E-state index contributed by atoms with van der Waals surface area (Å²) >= 11 is 11.9. The van der Waals surface area contributed by atoms with Crippen LogP contribution in [0.2, 0.25) is 5.02 Å². The lowest BCUT2D eigenvalue weighted by Crippen LogP contribution is -2.06. The fourth-order valence-corrected chi connectivity index (χ4v) is 3.94. The Hall–Kier alpha value is -1.77. The van der Waals surface area contributed by atoms with Crippen LogP contribution in [0.15, 0.2) is 70.2 Å². The number of hydrazone groups is 1. The van der Waals surface area contributed by atoms with E-state index in [1.54, 1.807) is 6.21 Å². The Balaban J connectivity index is 1.68. The van der Waals surface area contributed by atoms with Gasteiger partial charge >= 0.3 is 0 Å². The molecule has 0 amide bonds. The van der Waals surface area contributed by atoms with Gasteiger partial charge < -0.3 is 14.9 Å². The van der Waals surface area contributed by atoms with Crippen LogP contribution >= 0.6 is 50.1 Å². The van der Waals surface area contributed by atoms with Crippen molar-refractivity contribution in [3.05, 3.63) is 90.4 Å². The Morgan fingerprint density at radius 1 is 1.10 bits per heavy atom. The molecule has 0 aliphatic carbocycles. The minimum absolute atomic E-state index is 0.468. The topological polar surface area (TPSA) is 42.8 Å². The van der Waals surface area contributed by atoms with Crippen molar-refractivity contribution in [2.75, 3.05) is 6.61 Å². The lowest BCUT2D eigenvalue weighted by molar-refractivity contribution is 0.267. The summed E-state index contributed by atoms with van der Waals surface area (Å²) in [7, 11) is 0. The molecular formula is C23H21BrClIN2O2. The largest absolute Gasteiger partial charge is 0.490 e. The number of hydrogen-bond acceptors (Lipinski definition) is 4. The molecule has 3 aromatic carbocycles. The molecule has 0 aliphatic rings. The van der Waals surface area contributed by atoms with Crippen molar-refractivity contribution >= 4 is 56.3 Å². The van der Waals surface area contributed by atoms with E-state index in [1.165, 1.54) is 0 Å². The molecule has 156 valence electrons. The van der Waals surface area contributed by atoms with Crippen LogP contribution in [0.5, 0.6) is 11.5 Å². The number of nitrogens with zero attached hydrogens (tertiary/aromatic N) is 1. The molecule has 30 heavy (non-hydrogen) atoms. The first kappa shape index (κ1) is 22.9. The molecule has 3 rings (SSSR count). The van der Waals surface area contributed by atoms with E-state index in [0.29, 0.717) is 25.5 Å². The van der Waals surface area contributed by atoms with Gasteiger partial charge in [-0.2, -0.15) is 5.10 Å². The third kappa shape index (κ3) is 6.62. The Morgan fingerprint density at radius 2 is 1.87 bits per heavy atom. The molecule has 0 bridgehead atoms. The zero-order valence-electron chi connectivity index (χ0n) is 16.4. The van der Waals surface area contributed by atoms with Crippen LogP contribution in [0.4, 0.5) is 0 Å². The molecule has 0 aliphatic heterocycles. The van der Waals surface area contributed by atoms with Crippen molar-refractivity contribution in [2.45, 2.75) is 20.1 Å². The standard InChI is InChI=1S/C23H21BrClIN2O2/c1-2-29-22-12-17(13-27-28-14-18-5-3-4-6-20(18)25)11-21(26)23(22)30-15-16-7-9-19(24)10-8-16/h3-13,28H,2,14-15H2,1H3/b27-13-. The second-order valence-corrected chi connectivity index (χ2v) is 8.85. The van der Waals surface area contributed by atoms with Gasteiger partial charge in [0.2, 0.25) is 0 Å². The number of halogens is 3. The van der Waals surface area contributed by atoms with Crippen LogP contribution in [-0.2, 0) is 13.2 Å². The average molecular weight is 600 g/mol. The van der Waals surface area contributed by atoms with E-state index < -0.39 is 0 Å². The predicted molar refractivity (Wildman–Crippen MR) is 135 cm³/mol. The van der Waals surface area contributed by atoms with Gasteiger partial charge in [-0.1, -0.05) is 57.9 Å². The van der Waals surface area contributed by atoms with Gasteiger partial charge in [0.05, 0.1) is 22.9 Å². The van der Waals surface area contributed by atoms with Gasteiger partial charge in [-0.3, -0.25) is 0 Å². The van der Waals surface area contributed by atoms with Gasteiger partial charge in [0.25, 0.3) is 0 Å². The van der Waals surface area contributed by atoms with E-state index in [-0.39, 0.29) is 0 Å². The molecule has 0 heterocycles. The molecule has 3 aromatic rings. The highest BCUT2D eigenvalue weighted by molar-refractivity contribution is 14.1. The van der Waals surface area contributed by atoms with Crippen molar-refractivity contribution < 1.29 is 9.47 Å². The Morgan fingerprint density at radius 3 is 2.60 bits per heavy atom. The first-order valence-corrected chi connectivity index (χ1v) is 11.6. The lowest BCUT2D eigenvalue weighted by atomic mass is 10.2. The second-order valence-electron chi connectivity index (χ2n) is 6.36.